The predicted molar refractivity (Wildman–Crippen MR) is 96.9 cm³/mol. The van der Waals surface area contributed by atoms with Crippen molar-refractivity contribution in [3.05, 3.63) is 70.5 Å². The number of amides is 1. The maximum Gasteiger partial charge on any atom is 0.254 e. The highest BCUT2D eigenvalue weighted by atomic mass is 32.2. The molecule has 3 aromatic rings. The fourth-order valence-corrected chi connectivity index (χ4v) is 3.57. The first-order valence-corrected chi connectivity index (χ1v) is 9.34. The third kappa shape index (κ3) is 3.63. The summed E-state index contributed by atoms with van der Waals surface area (Å²) in [6, 6.07) is 13.8. The number of hydrogen-bond acceptors (Lipinski definition) is 4. The standard InChI is InChI=1S/C18H16N2OS2/c1-22-18-16(7-4-9-19-18)17(21)20-11-13-5-2-3-6-15(13)14-8-10-23-12-14/h2-10,12H,11H2,1H3,(H,20,21). The Morgan fingerprint density at radius 2 is 2.09 bits per heavy atom. The fourth-order valence-electron chi connectivity index (χ4n) is 2.37. The minimum atomic E-state index is -0.0948. The zero-order valence-electron chi connectivity index (χ0n) is 12.7. The number of rotatable bonds is 5. The van der Waals surface area contributed by atoms with Crippen LogP contribution in [-0.4, -0.2) is 17.1 Å². The molecule has 0 aliphatic carbocycles. The fraction of sp³-hybridized carbons (Fsp3) is 0.111. The molecule has 0 aliphatic rings. The van der Waals surface area contributed by atoms with E-state index in [9.17, 15) is 4.79 Å². The van der Waals surface area contributed by atoms with Crippen molar-refractivity contribution in [1.29, 1.82) is 0 Å². The molecule has 3 nitrogen and oxygen atoms in total. The maximum absolute atomic E-state index is 12.4. The van der Waals surface area contributed by atoms with E-state index >= 15 is 0 Å². The van der Waals surface area contributed by atoms with E-state index < -0.39 is 0 Å². The van der Waals surface area contributed by atoms with Gasteiger partial charge in [-0.2, -0.15) is 11.3 Å². The van der Waals surface area contributed by atoms with Crippen molar-refractivity contribution in [1.82, 2.24) is 10.3 Å². The SMILES string of the molecule is CSc1ncccc1C(=O)NCc1ccccc1-c1ccsc1. The number of carbonyl (C=O) groups is 1. The molecule has 0 saturated heterocycles. The molecule has 0 aliphatic heterocycles. The van der Waals surface area contributed by atoms with Gasteiger partial charge in [-0.1, -0.05) is 24.3 Å². The van der Waals surface area contributed by atoms with Crippen LogP contribution in [0.25, 0.3) is 11.1 Å². The number of thiophene rings is 1. The predicted octanol–water partition coefficient (Wildman–Crippen LogP) is 4.46. The van der Waals surface area contributed by atoms with Gasteiger partial charge in [-0.25, -0.2) is 4.98 Å². The van der Waals surface area contributed by atoms with E-state index in [-0.39, 0.29) is 5.91 Å². The van der Waals surface area contributed by atoms with Crippen molar-refractivity contribution >= 4 is 29.0 Å². The van der Waals surface area contributed by atoms with E-state index in [1.54, 1.807) is 29.7 Å². The van der Waals surface area contributed by atoms with E-state index in [1.165, 1.54) is 17.3 Å². The lowest BCUT2D eigenvalue weighted by Gasteiger charge is -2.11. The third-order valence-electron chi connectivity index (χ3n) is 3.50. The molecule has 23 heavy (non-hydrogen) atoms. The Labute approximate surface area is 143 Å². The summed E-state index contributed by atoms with van der Waals surface area (Å²) in [4.78, 5) is 16.7. The topological polar surface area (TPSA) is 42.0 Å². The van der Waals surface area contributed by atoms with Gasteiger partial charge in [0.1, 0.15) is 5.03 Å². The second kappa shape index (κ2) is 7.44. The van der Waals surface area contributed by atoms with Gasteiger partial charge in [-0.3, -0.25) is 4.79 Å². The number of thioether (sulfide) groups is 1. The first-order chi connectivity index (χ1) is 11.3. The van der Waals surface area contributed by atoms with Crippen LogP contribution in [0.5, 0.6) is 0 Å². The van der Waals surface area contributed by atoms with Crippen molar-refractivity contribution in [3.63, 3.8) is 0 Å². The molecule has 0 fully saturated rings. The average molecular weight is 340 g/mol. The van der Waals surface area contributed by atoms with E-state index in [0.717, 1.165) is 16.2 Å². The lowest BCUT2D eigenvalue weighted by Crippen LogP contribution is -2.24. The number of benzene rings is 1. The highest BCUT2D eigenvalue weighted by Crippen LogP contribution is 2.26. The van der Waals surface area contributed by atoms with Crippen molar-refractivity contribution in [2.75, 3.05) is 6.26 Å². The molecule has 0 atom stereocenters. The van der Waals surface area contributed by atoms with Gasteiger partial charge in [0.25, 0.3) is 5.91 Å². The van der Waals surface area contributed by atoms with Crippen LogP contribution in [0.2, 0.25) is 0 Å². The monoisotopic (exact) mass is 340 g/mol. The summed E-state index contributed by atoms with van der Waals surface area (Å²) in [6.45, 7) is 0.494. The molecule has 0 unspecified atom stereocenters. The number of nitrogens with zero attached hydrogens (tertiary/aromatic N) is 1. The zero-order chi connectivity index (χ0) is 16.1. The first-order valence-electron chi connectivity index (χ1n) is 7.17. The van der Waals surface area contributed by atoms with Crippen LogP contribution in [0.3, 0.4) is 0 Å². The molecule has 0 bridgehead atoms. The average Bonchev–Trinajstić information content (AvgIpc) is 3.14. The maximum atomic E-state index is 12.4. The second-order valence-corrected chi connectivity index (χ2v) is 6.49. The summed E-state index contributed by atoms with van der Waals surface area (Å²) in [7, 11) is 0. The lowest BCUT2D eigenvalue weighted by atomic mass is 10.0. The van der Waals surface area contributed by atoms with Crippen molar-refractivity contribution in [2.45, 2.75) is 11.6 Å². The molecule has 1 amide bonds. The Hall–Kier alpha value is -2.11. The van der Waals surface area contributed by atoms with Gasteiger partial charge in [0.2, 0.25) is 0 Å². The molecule has 1 aromatic carbocycles. The van der Waals surface area contributed by atoms with Crippen molar-refractivity contribution in [3.8, 4) is 11.1 Å². The molecule has 116 valence electrons. The van der Waals surface area contributed by atoms with Gasteiger partial charge in [-0.05, 0) is 51.9 Å². The van der Waals surface area contributed by atoms with Crippen molar-refractivity contribution < 1.29 is 4.79 Å². The lowest BCUT2D eigenvalue weighted by molar-refractivity contribution is 0.0947. The third-order valence-corrected chi connectivity index (χ3v) is 4.89. The molecule has 0 radical (unpaired) electrons. The number of carbonyl (C=O) groups excluding carboxylic acids is 1. The Bertz CT molecular complexity index is 800. The number of hydrogen-bond donors (Lipinski definition) is 1. The Morgan fingerprint density at radius 3 is 2.87 bits per heavy atom. The highest BCUT2D eigenvalue weighted by Gasteiger charge is 2.12. The number of aromatic nitrogens is 1. The summed E-state index contributed by atoms with van der Waals surface area (Å²) in [6.07, 6.45) is 3.62. The first kappa shape index (κ1) is 15.8. The van der Waals surface area contributed by atoms with E-state index in [4.69, 9.17) is 0 Å². The smallest absolute Gasteiger partial charge is 0.254 e. The molecule has 0 saturated carbocycles. The number of pyridine rings is 1. The van der Waals surface area contributed by atoms with Crippen molar-refractivity contribution in [2.24, 2.45) is 0 Å². The molecule has 3 rings (SSSR count). The van der Waals surface area contributed by atoms with Crippen LogP contribution in [0.1, 0.15) is 15.9 Å². The molecular weight excluding hydrogens is 324 g/mol. The zero-order valence-corrected chi connectivity index (χ0v) is 14.3. The minimum Gasteiger partial charge on any atom is -0.348 e. The Balaban J connectivity index is 1.78. The quantitative estimate of drug-likeness (QED) is 0.697. The summed E-state index contributed by atoms with van der Waals surface area (Å²) in [5, 5.41) is 7.93. The second-order valence-electron chi connectivity index (χ2n) is 4.91. The van der Waals surface area contributed by atoms with E-state index in [0.29, 0.717) is 12.1 Å². The van der Waals surface area contributed by atoms with Crippen LogP contribution >= 0.6 is 23.1 Å². The summed E-state index contributed by atoms with van der Waals surface area (Å²) < 4.78 is 0. The van der Waals surface area contributed by atoms with Crippen LogP contribution in [0.15, 0.2) is 64.4 Å². The van der Waals surface area contributed by atoms with E-state index in [2.05, 4.69) is 33.2 Å². The molecule has 5 heteroatoms. The van der Waals surface area contributed by atoms with Gasteiger partial charge in [0.15, 0.2) is 0 Å². The Morgan fingerprint density at radius 1 is 1.22 bits per heavy atom. The summed E-state index contributed by atoms with van der Waals surface area (Å²) in [5.74, 6) is -0.0948. The highest BCUT2D eigenvalue weighted by molar-refractivity contribution is 7.98. The summed E-state index contributed by atoms with van der Waals surface area (Å²) in [5.41, 5.74) is 4.07. The minimum absolute atomic E-state index is 0.0948. The van der Waals surface area contributed by atoms with E-state index in [1.807, 2.05) is 24.5 Å². The molecule has 1 N–H and O–H groups in total. The van der Waals surface area contributed by atoms with Gasteiger partial charge < -0.3 is 5.32 Å². The van der Waals surface area contributed by atoms with Crippen LogP contribution in [-0.2, 0) is 6.54 Å². The van der Waals surface area contributed by atoms with Crippen LogP contribution < -0.4 is 5.32 Å². The van der Waals surface area contributed by atoms with Gasteiger partial charge in [0.05, 0.1) is 5.56 Å². The van der Waals surface area contributed by atoms with Crippen LogP contribution in [0.4, 0.5) is 0 Å². The normalized spacial score (nSPS) is 10.5. The summed E-state index contributed by atoms with van der Waals surface area (Å²) >= 11 is 3.15. The number of nitrogens with one attached hydrogen (secondary N) is 1. The van der Waals surface area contributed by atoms with Gasteiger partial charge in [-0.15, -0.1) is 11.8 Å². The molecule has 2 aromatic heterocycles. The Kier molecular flexibility index (Phi) is 5.10. The van der Waals surface area contributed by atoms with Crippen LogP contribution in [0, 0.1) is 0 Å². The van der Waals surface area contributed by atoms with Gasteiger partial charge in [0, 0.05) is 12.7 Å². The molecule has 0 spiro atoms. The molecular formula is C18H16N2OS2. The molecule has 2 heterocycles. The van der Waals surface area contributed by atoms with Gasteiger partial charge >= 0.3 is 0 Å². The largest absolute Gasteiger partial charge is 0.348 e.